The Bertz CT molecular complexity index is 582. The van der Waals surface area contributed by atoms with E-state index in [0.717, 1.165) is 17.7 Å². The summed E-state index contributed by atoms with van der Waals surface area (Å²) in [6.45, 7) is 8.36. The molecule has 1 aromatic rings. The van der Waals surface area contributed by atoms with Crippen LogP contribution in [0.5, 0.6) is 0 Å². The first-order chi connectivity index (χ1) is 8.65. The summed E-state index contributed by atoms with van der Waals surface area (Å²) >= 11 is 0. The van der Waals surface area contributed by atoms with Crippen LogP contribution >= 0.6 is 0 Å². The maximum absolute atomic E-state index is 11.6. The summed E-state index contributed by atoms with van der Waals surface area (Å²) in [6.07, 6.45) is 1.43. The number of anilines is 1. The fraction of sp³-hybridized carbons (Fsp3) is 0.769. The standard InChI is InChI=1S/C13H23N3O2S/c1-5-10-11(13(2,3)4)15-16(12(10)14)9-6-7-19(17,18)8-9/h9H,5-8,14H2,1-4H3. The van der Waals surface area contributed by atoms with Crippen LogP contribution in [-0.2, 0) is 21.7 Å². The topological polar surface area (TPSA) is 78.0 Å². The lowest BCUT2D eigenvalue weighted by molar-refractivity contribution is 0.479. The van der Waals surface area contributed by atoms with Crippen LogP contribution in [0.25, 0.3) is 0 Å². The molecule has 2 heterocycles. The van der Waals surface area contributed by atoms with Crippen molar-refractivity contribution in [3.63, 3.8) is 0 Å². The molecule has 1 fully saturated rings. The van der Waals surface area contributed by atoms with Gasteiger partial charge in [0.15, 0.2) is 9.84 Å². The van der Waals surface area contributed by atoms with E-state index in [4.69, 9.17) is 5.73 Å². The van der Waals surface area contributed by atoms with E-state index < -0.39 is 9.84 Å². The summed E-state index contributed by atoms with van der Waals surface area (Å²) in [5.74, 6) is 1.03. The Kier molecular flexibility index (Phi) is 3.41. The number of rotatable bonds is 2. The molecule has 0 aromatic carbocycles. The monoisotopic (exact) mass is 285 g/mol. The van der Waals surface area contributed by atoms with Crippen molar-refractivity contribution < 1.29 is 8.42 Å². The molecule has 1 saturated heterocycles. The Morgan fingerprint density at radius 2 is 2.05 bits per heavy atom. The average Bonchev–Trinajstić information content (AvgIpc) is 2.77. The third kappa shape index (κ3) is 2.63. The van der Waals surface area contributed by atoms with Gasteiger partial charge in [0.25, 0.3) is 0 Å². The largest absolute Gasteiger partial charge is 0.384 e. The molecule has 0 aliphatic carbocycles. The predicted molar refractivity (Wildman–Crippen MR) is 77.0 cm³/mol. The number of nitrogen functional groups attached to an aromatic ring is 1. The molecule has 0 spiro atoms. The summed E-state index contributed by atoms with van der Waals surface area (Å²) in [7, 11) is -2.92. The van der Waals surface area contributed by atoms with E-state index in [1.807, 2.05) is 0 Å². The second kappa shape index (κ2) is 4.51. The quantitative estimate of drug-likeness (QED) is 0.897. The third-order valence-electron chi connectivity index (χ3n) is 3.67. The van der Waals surface area contributed by atoms with E-state index in [2.05, 4.69) is 32.8 Å². The SMILES string of the molecule is CCc1c(C(C)(C)C)nn(C2CCS(=O)(=O)C2)c1N. The molecule has 1 aliphatic heterocycles. The number of sulfone groups is 1. The van der Waals surface area contributed by atoms with E-state index in [-0.39, 0.29) is 23.0 Å². The van der Waals surface area contributed by atoms with Crippen LogP contribution in [0.3, 0.4) is 0 Å². The van der Waals surface area contributed by atoms with Gasteiger partial charge in [-0.15, -0.1) is 0 Å². The fourth-order valence-corrected chi connectivity index (χ4v) is 4.37. The lowest BCUT2D eigenvalue weighted by Crippen LogP contribution is -2.17. The van der Waals surface area contributed by atoms with Crippen molar-refractivity contribution in [2.75, 3.05) is 17.2 Å². The van der Waals surface area contributed by atoms with Gasteiger partial charge in [0.05, 0.1) is 23.2 Å². The third-order valence-corrected chi connectivity index (χ3v) is 5.42. The number of aromatic nitrogens is 2. The Labute approximate surface area is 115 Å². The van der Waals surface area contributed by atoms with Gasteiger partial charge >= 0.3 is 0 Å². The molecule has 1 aliphatic rings. The molecular weight excluding hydrogens is 262 g/mol. The molecule has 19 heavy (non-hydrogen) atoms. The zero-order chi connectivity index (χ0) is 14.4. The zero-order valence-electron chi connectivity index (χ0n) is 12.1. The van der Waals surface area contributed by atoms with E-state index in [1.54, 1.807) is 4.68 Å². The van der Waals surface area contributed by atoms with Gasteiger partial charge in [0.2, 0.25) is 0 Å². The van der Waals surface area contributed by atoms with Gasteiger partial charge in [-0.1, -0.05) is 27.7 Å². The summed E-state index contributed by atoms with van der Waals surface area (Å²) in [5.41, 5.74) is 8.14. The highest BCUT2D eigenvalue weighted by molar-refractivity contribution is 7.91. The maximum atomic E-state index is 11.6. The van der Waals surface area contributed by atoms with E-state index in [1.165, 1.54) is 0 Å². The molecule has 0 saturated carbocycles. The van der Waals surface area contributed by atoms with Crippen molar-refractivity contribution in [1.82, 2.24) is 9.78 Å². The van der Waals surface area contributed by atoms with Crippen molar-refractivity contribution in [3.05, 3.63) is 11.3 Å². The minimum absolute atomic E-state index is 0.0812. The van der Waals surface area contributed by atoms with E-state index in [9.17, 15) is 8.42 Å². The summed E-state index contributed by atoms with van der Waals surface area (Å²) in [5, 5.41) is 4.63. The summed E-state index contributed by atoms with van der Waals surface area (Å²) in [4.78, 5) is 0. The first kappa shape index (κ1) is 14.4. The Hall–Kier alpha value is -1.04. The molecule has 108 valence electrons. The molecule has 5 nitrogen and oxygen atoms in total. The lowest BCUT2D eigenvalue weighted by Gasteiger charge is -2.17. The number of hydrogen-bond donors (Lipinski definition) is 1. The van der Waals surface area contributed by atoms with Crippen LogP contribution in [-0.4, -0.2) is 29.7 Å². The molecular formula is C13H23N3O2S. The van der Waals surface area contributed by atoms with Gasteiger partial charge in [0, 0.05) is 11.0 Å². The van der Waals surface area contributed by atoms with Crippen molar-refractivity contribution >= 4 is 15.7 Å². The normalized spacial score (nSPS) is 22.8. The molecule has 2 N–H and O–H groups in total. The minimum atomic E-state index is -2.92. The minimum Gasteiger partial charge on any atom is -0.384 e. The van der Waals surface area contributed by atoms with Gasteiger partial charge in [-0.05, 0) is 12.8 Å². The van der Waals surface area contributed by atoms with Crippen LogP contribution < -0.4 is 5.73 Å². The van der Waals surface area contributed by atoms with Gasteiger partial charge < -0.3 is 5.73 Å². The molecule has 1 aromatic heterocycles. The Morgan fingerprint density at radius 1 is 1.42 bits per heavy atom. The van der Waals surface area contributed by atoms with E-state index >= 15 is 0 Å². The summed E-state index contributed by atoms with van der Waals surface area (Å²) < 4.78 is 24.9. The molecule has 1 unspecified atom stereocenters. The second-order valence-corrected chi connectivity index (χ2v) is 8.55. The maximum Gasteiger partial charge on any atom is 0.152 e. The molecule has 1 atom stereocenters. The predicted octanol–water partition coefficient (Wildman–Crippen LogP) is 1.68. The molecule has 6 heteroatoms. The smallest absolute Gasteiger partial charge is 0.152 e. The first-order valence-electron chi connectivity index (χ1n) is 6.73. The van der Waals surface area contributed by atoms with Crippen molar-refractivity contribution in [1.29, 1.82) is 0 Å². The molecule has 0 amide bonds. The number of nitrogens with zero attached hydrogens (tertiary/aromatic N) is 2. The van der Waals surface area contributed by atoms with Crippen molar-refractivity contribution in [3.8, 4) is 0 Å². The zero-order valence-corrected chi connectivity index (χ0v) is 12.9. The van der Waals surface area contributed by atoms with Gasteiger partial charge in [-0.3, -0.25) is 0 Å². The van der Waals surface area contributed by atoms with Crippen LogP contribution in [0.1, 0.15) is 51.4 Å². The van der Waals surface area contributed by atoms with Crippen molar-refractivity contribution in [2.45, 2.75) is 52.0 Å². The number of nitrogens with two attached hydrogens (primary N) is 1. The van der Waals surface area contributed by atoms with Crippen LogP contribution in [0.4, 0.5) is 5.82 Å². The van der Waals surface area contributed by atoms with Gasteiger partial charge in [-0.25, -0.2) is 13.1 Å². The highest BCUT2D eigenvalue weighted by Gasteiger charge is 2.33. The van der Waals surface area contributed by atoms with Gasteiger partial charge in [-0.2, -0.15) is 5.10 Å². The van der Waals surface area contributed by atoms with Crippen LogP contribution in [0, 0.1) is 0 Å². The van der Waals surface area contributed by atoms with Crippen LogP contribution in [0.15, 0.2) is 0 Å². The number of hydrogen-bond acceptors (Lipinski definition) is 4. The lowest BCUT2D eigenvalue weighted by atomic mass is 9.88. The Morgan fingerprint density at radius 3 is 2.42 bits per heavy atom. The average molecular weight is 285 g/mol. The van der Waals surface area contributed by atoms with E-state index in [0.29, 0.717) is 12.2 Å². The Balaban J connectivity index is 2.46. The molecule has 0 radical (unpaired) electrons. The van der Waals surface area contributed by atoms with Crippen molar-refractivity contribution in [2.24, 2.45) is 0 Å². The summed E-state index contributed by atoms with van der Waals surface area (Å²) in [6, 6.07) is -0.105. The second-order valence-electron chi connectivity index (χ2n) is 6.32. The highest BCUT2D eigenvalue weighted by Crippen LogP contribution is 2.33. The highest BCUT2D eigenvalue weighted by atomic mass is 32.2. The molecule has 0 bridgehead atoms. The fourth-order valence-electron chi connectivity index (χ4n) is 2.68. The molecule has 2 rings (SSSR count). The first-order valence-corrected chi connectivity index (χ1v) is 8.55. The van der Waals surface area contributed by atoms with Crippen LogP contribution in [0.2, 0.25) is 0 Å². The van der Waals surface area contributed by atoms with Gasteiger partial charge in [0.1, 0.15) is 5.82 Å².